The monoisotopic (exact) mass is 246 g/mol. The van der Waals surface area contributed by atoms with Gasteiger partial charge in [-0.2, -0.15) is 24.9 Å². The van der Waals surface area contributed by atoms with Crippen molar-refractivity contribution in [1.82, 2.24) is 20.3 Å². The van der Waals surface area contributed by atoms with Gasteiger partial charge in [-0.25, -0.2) is 0 Å². The van der Waals surface area contributed by atoms with Crippen molar-refractivity contribution < 1.29 is 0 Å². The van der Waals surface area contributed by atoms with Crippen molar-refractivity contribution in [2.75, 3.05) is 11.5 Å². The first-order valence-corrected chi connectivity index (χ1v) is 4.72. The first kappa shape index (κ1) is 11.4. The molecule has 1 aromatic heterocycles. The summed E-state index contributed by atoms with van der Waals surface area (Å²) in [5, 5.41) is 2.58. The summed E-state index contributed by atoms with van der Waals surface area (Å²) in [6, 6.07) is 0. The summed E-state index contributed by atoms with van der Waals surface area (Å²) in [5.74, 6) is 0.434. The molecular formula is C8H10N10. The van der Waals surface area contributed by atoms with Crippen molar-refractivity contribution in [3.63, 3.8) is 0 Å². The first-order valence-electron chi connectivity index (χ1n) is 4.72. The summed E-state index contributed by atoms with van der Waals surface area (Å²) in [7, 11) is 0. The van der Waals surface area contributed by atoms with E-state index in [2.05, 4.69) is 36.0 Å². The Morgan fingerprint density at radius 2 is 1.72 bits per heavy atom. The molecule has 10 nitrogen and oxygen atoms in total. The van der Waals surface area contributed by atoms with E-state index in [1.54, 1.807) is 0 Å². The molecule has 0 bridgehead atoms. The van der Waals surface area contributed by atoms with E-state index in [0.717, 1.165) is 0 Å². The zero-order valence-electron chi connectivity index (χ0n) is 9.12. The molecule has 10 heteroatoms. The minimum absolute atomic E-state index is 0.0186. The van der Waals surface area contributed by atoms with Gasteiger partial charge >= 0.3 is 0 Å². The zero-order chi connectivity index (χ0) is 13.1. The predicted molar refractivity (Wildman–Crippen MR) is 66.3 cm³/mol. The molecular weight excluding hydrogens is 236 g/mol. The van der Waals surface area contributed by atoms with Crippen LogP contribution in [0.25, 0.3) is 0 Å². The molecule has 2 rings (SSSR count). The highest BCUT2D eigenvalue weighted by atomic mass is 15.2. The molecule has 1 aliphatic heterocycles. The van der Waals surface area contributed by atoms with Crippen molar-refractivity contribution >= 4 is 29.6 Å². The molecule has 92 valence electrons. The Kier molecular flexibility index (Phi) is 2.77. The Morgan fingerprint density at radius 1 is 1.06 bits per heavy atom. The van der Waals surface area contributed by atoms with Gasteiger partial charge in [-0.3, -0.25) is 0 Å². The summed E-state index contributed by atoms with van der Waals surface area (Å²) in [6.45, 7) is 0. The molecule has 0 radical (unpaired) electrons. The van der Waals surface area contributed by atoms with Gasteiger partial charge in [0, 0.05) is 6.08 Å². The SMILES string of the molecule is NC1=C=CC(=Nc2nc(N)nc(N)n2)N=C(N)N1. The maximum Gasteiger partial charge on any atom is 0.258 e. The van der Waals surface area contributed by atoms with Crippen molar-refractivity contribution in [3.05, 3.63) is 17.6 Å². The Bertz CT molecular complexity index is 586. The molecule has 0 unspecified atom stereocenters. The summed E-state index contributed by atoms with van der Waals surface area (Å²) < 4.78 is 0. The topological polar surface area (TPSA) is 180 Å². The summed E-state index contributed by atoms with van der Waals surface area (Å²) >= 11 is 0. The number of aromatic nitrogens is 3. The van der Waals surface area contributed by atoms with E-state index < -0.39 is 0 Å². The summed E-state index contributed by atoms with van der Waals surface area (Å²) in [4.78, 5) is 19.1. The first-order chi connectivity index (χ1) is 8.52. The number of aliphatic imine (C=N–C) groups is 2. The number of hydrogen-bond acceptors (Lipinski definition) is 9. The number of hydrogen-bond donors (Lipinski definition) is 5. The summed E-state index contributed by atoms with van der Waals surface area (Å²) in [5.41, 5.74) is 24.5. The highest BCUT2D eigenvalue weighted by molar-refractivity contribution is 6.03. The number of anilines is 2. The van der Waals surface area contributed by atoms with Crippen LogP contribution in [0.1, 0.15) is 0 Å². The zero-order valence-corrected chi connectivity index (χ0v) is 9.12. The van der Waals surface area contributed by atoms with E-state index in [0.29, 0.717) is 0 Å². The molecule has 1 aliphatic rings. The van der Waals surface area contributed by atoms with Gasteiger partial charge in [-0.15, -0.1) is 0 Å². The largest absolute Gasteiger partial charge is 0.379 e. The number of nitrogens with one attached hydrogen (secondary N) is 1. The molecule has 0 saturated heterocycles. The lowest BCUT2D eigenvalue weighted by atomic mass is 10.5. The van der Waals surface area contributed by atoms with Crippen LogP contribution in [-0.4, -0.2) is 26.7 Å². The van der Waals surface area contributed by atoms with Gasteiger partial charge in [0.15, 0.2) is 5.84 Å². The fourth-order valence-electron chi connectivity index (χ4n) is 1.11. The predicted octanol–water partition coefficient (Wildman–Crippen LogP) is -2.06. The lowest BCUT2D eigenvalue weighted by molar-refractivity contribution is 1.06. The fraction of sp³-hybridized carbons (Fsp3) is 0. The van der Waals surface area contributed by atoms with Crippen LogP contribution in [0, 0.1) is 0 Å². The number of nitrogens with two attached hydrogens (primary N) is 4. The number of rotatable bonds is 1. The Morgan fingerprint density at radius 3 is 2.39 bits per heavy atom. The molecule has 9 N–H and O–H groups in total. The van der Waals surface area contributed by atoms with Gasteiger partial charge in [0.25, 0.3) is 5.95 Å². The molecule has 0 aliphatic carbocycles. The van der Waals surface area contributed by atoms with Gasteiger partial charge in [0.2, 0.25) is 17.9 Å². The van der Waals surface area contributed by atoms with Crippen LogP contribution in [0.15, 0.2) is 27.6 Å². The molecule has 0 aromatic carbocycles. The number of nitrogen functional groups attached to an aromatic ring is 2. The Balaban J connectivity index is 2.44. The van der Waals surface area contributed by atoms with Crippen LogP contribution in [0.5, 0.6) is 0 Å². The van der Waals surface area contributed by atoms with Crippen molar-refractivity contribution in [2.24, 2.45) is 21.5 Å². The molecule has 1 aromatic rings. The Labute approximate surface area is 101 Å². The van der Waals surface area contributed by atoms with Crippen molar-refractivity contribution in [3.8, 4) is 0 Å². The lowest BCUT2D eigenvalue weighted by Crippen LogP contribution is -2.33. The van der Waals surface area contributed by atoms with Gasteiger partial charge < -0.3 is 28.3 Å². The minimum atomic E-state index is -0.0374. The molecule has 0 spiro atoms. The second kappa shape index (κ2) is 4.39. The average molecular weight is 246 g/mol. The third-order valence-corrected chi connectivity index (χ3v) is 1.73. The number of guanidine groups is 1. The van der Waals surface area contributed by atoms with Crippen LogP contribution in [0.4, 0.5) is 17.8 Å². The van der Waals surface area contributed by atoms with Crippen LogP contribution in [0.3, 0.4) is 0 Å². The maximum absolute atomic E-state index is 5.52. The standard InChI is InChI=1S/C8H10N10/c9-3-1-2-4(14-5(10)13-3)15-8-17-6(11)16-7(12)18-8/h2H,9H2,(H7,10,11,12,13,14,15,16,17,18). The van der Waals surface area contributed by atoms with Gasteiger partial charge in [0.1, 0.15) is 5.82 Å². The number of amidine groups is 1. The van der Waals surface area contributed by atoms with Gasteiger partial charge in [-0.05, 0) is 0 Å². The van der Waals surface area contributed by atoms with E-state index in [-0.39, 0.29) is 35.5 Å². The quantitative estimate of drug-likeness (QED) is 0.350. The van der Waals surface area contributed by atoms with E-state index in [1.165, 1.54) is 6.08 Å². The van der Waals surface area contributed by atoms with Crippen molar-refractivity contribution in [1.29, 1.82) is 0 Å². The highest BCUT2D eigenvalue weighted by Gasteiger charge is 2.04. The third kappa shape index (κ3) is 2.71. The maximum atomic E-state index is 5.52. The van der Waals surface area contributed by atoms with E-state index >= 15 is 0 Å². The van der Waals surface area contributed by atoms with Crippen LogP contribution in [-0.2, 0) is 0 Å². The van der Waals surface area contributed by atoms with E-state index in [9.17, 15) is 0 Å². The molecule has 0 saturated carbocycles. The molecule has 0 amide bonds. The second-order valence-corrected chi connectivity index (χ2v) is 3.15. The second-order valence-electron chi connectivity index (χ2n) is 3.15. The molecule has 0 fully saturated rings. The van der Waals surface area contributed by atoms with E-state index in [1.807, 2.05) is 0 Å². The van der Waals surface area contributed by atoms with Gasteiger partial charge in [0.05, 0.1) is 0 Å². The average Bonchev–Trinajstić information content (AvgIpc) is 2.38. The van der Waals surface area contributed by atoms with Crippen LogP contribution in [0.2, 0.25) is 0 Å². The number of nitrogens with zero attached hydrogens (tertiary/aromatic N) is 5. The normalized spacial score (nSPS) is 16.8. The van der Waals surface area contributed by atoms with Crippen molar-refractivity contribution in [2.45, 2.75) is 0 Å². The fourth-order valence-corrected chi connectivity index (χ4v) is 1.11. The summed E-state index contributed by atoms with van der Waals surface area (Å²) in [6.07, 6.45) is 1.42. The van der Waals surface area contributed by atoms with E-state index in [4.69, 9.17) is 22.9 Å². The minimum Gasteiger partial charge on any atom is -0.379 e. The molecule has 0 atom stereocenters. The molecule has 2 heterocycles. The third-order valence-electron chi connectivity index (χ3n) is 1.73. The van der Waals surface area contributed by atoms with Crippen LogP contribution >= 0.6 is 0 Å². The highest BCUT2D eigenvalue weighted by Crippen LogP contribution is 2.08. The smallest absolute Gasteiger partial charge is 0.258 e. The molecule has 18 heavy (non-hydrogen) atoms. The van der Waals surface area contributed by atoms with Gasteiger partial charge in [-0.1, -0.05) is 5.73 Å². The Hall–Kier alpha value is -3.13. The lowest BCUT2D eigenvalue weighted by Gasteiger charge is -2.00. The van der Waals surface area contributed by atoms with Crippen LogP contribution < -0.4 is 28.3 Å².